The summed E-state index contributed by atoms with van der Waals surface area (Å²) in [5.41, 5.74) is 0. The molecule has 0 radical (unpaired) electrons. The minimum atomic E-state index is 0.0359. The quantitative estimate of drug-likeness (QED) is 0.764. The van der Waals surface area contributed by atoms with Crippen LogP contribution in [-0.2, 0) is 0 Å². The van der Waals surface area contributed by atoms with Crippen LogP contribution in [0, 0.1) is 0 Å². The van der Waals surface area contributed by atoms with Crippen LogP contribution < -0.4 is 14.8 Å². The van der Waals surface area contributed by atoms with Gasteiger partial charge in [0, 0.05) is 6.54 Å². The molecular weight excluding hydrogens is 232 g/mol. The molecular formula is C9H15ClN4O2. The van der Waals surface area contributed by atoms with Crippen LogP contribution in [0.3, 0.4) is 0 Å². The van der Waals surface area contributed by atoms with Gasteiger partial charge >= 0.3 is 12.0 Å². The molecule has 0 saturated carbocycles. The van der Waals surface area contributed by atoms with E-state index in [1.165, 1.54) is 14.2 Å². The first-order valence-corrected chi connectivity index (χ1v) is 5.35. The molecule has 0 aliphatic carbocycles. The van der Waals surface area contributed by atoms with Gasteiger partial charge in [-0.2, -0.15) is 9.97 Å². The molecule has 0 aliphatic rings. The van der Waals surface area contributed by atoms with E-state index in [2.05, 4.69) is 20.3 Å². The zero-order valence-corrected chi connectivity index (χ0v) is 10.3. The lowest BCUT2D eigenvalue weighted by Crippen LogP contribution is -2.15. The van der Waals surface area contributed by atoms with Crippen LogP contribution in [0.1, 0.15) is 13.3 Å². The number of hydrogen-bond donors (Lipinski definition) is 1. The standard InChI is InChI=1S/C9H15ClN4O2/c1-4-6(10)5-11-7-12-8(15-2)14-9(13-7)16-3/h6H,4-5H2,1-3H3,(H,11,12,13,14). The van der Waals surface area contributed by atoms with Gasteiger partial charge in [-0.05, 0) is 6.42 Å². The molecule has 6 nitrogen and oxygen atoms in total. The molecule has 1 unspecified atom stereocenters. The van der Waals surface area contributed by atoms with E-state index in [0.29, 0.717) is 12.5 Å². The highest BCUT2D eigenvalue weighted by Crippen LogP contribution is 2.12. The van der Waals surface area contributed by atoms with E-state index in [1.54, 1.807) is 0 Å². The largest absolute Gasteiger partial charge is 0.467 e. The third-order valence-corrected chi connectivity index (χ3v) is 2.35. The molecule has 0 aliphatic heterocycles. The maximum absolute atomic E-state index is 5.97. The van der Waals surface area contributed by atoms with Gasteiger partial charge in [-0.1, -0.05) is 6.92 Å². The molecule has 0 fully saturated rings. The summed E-state index contributed by atoms with van der Waals surface area (Å²) in [6.45, 7) is 2.59. The van der Waals surface area contributed by atoms with E-state index < -0.39 is 0 Å². The van der Waals surface area contributed by atoms with Gasteiger partial charge < -0.3 is 14.8 Å². The molecule has 0 spiro atoms. The van der Waals surface area contributed by atoms with Crippen LogP contribution in [0.2, 0.25) is 0 Å². The lowest BCUT2D eigenvalue weighted by Gasteiger charge is -2.09. The minimum Gasteiger partial charge on any atom is -0.467 e. The number of nitrogens with one attached hydrogen (secondary N) is 1. The number of rotatable bonds is 6. The summed E-state index contributed by atoms with van der Waals surface area (Å²) in [5, 5.41) is 3.03. The predicted octanol–water partition coefficient (Wildman–Crippen LogP) is 1.32. The zero-order valence-electron chi connectivity index (χ0n) is 9.53. The number of aromatic nitrogens is 3. The molecule has 1 rings (SSSR count). The summed E-state index contributed by atoms with van der Waals surface area (Å²) in [4.78, 5) is 11.9. The van der Waals surface area contributed by atoms with Gasteiger partial charge in [-0.15, -0.1) is 16.6 Å². The minimum absolute atomic E-state index is 0.0359. The van der Waals surface area contributed by atoms with Gasteiger partial charge in [-0.25, -0.2) is 0 Å². The maximum Gasteiger partial charge on any atom is 0.324 e. The summed E-state index contributed by atoms with van der Waals surface area (Å²) in [6.07, 6.45) is 0.869. The van der Waals surface area contributed by atoms with Crippen molar-refractivity contribution in [3.8, 4) is 12.0 Å². The Kier molecular flexibility index (Phi) is 5.04. The molecule has 0 saturated heterocycles. The fourth-order valence-corrected chi connectivity index (χ4v) is 1.02. The van der Waals surface area contributed by atoms with Crippen LogP contribution in [-0.4, -0.2) is 41.1 Å². The number of alkyl halides is 1. The Hall–Kier alpha value is -1.30. The van der Waals surface area contributed by atoms with Crippen molar-refractivity contribution in [1.82, 2.24) is 15.0 Å². The fraction of sp³-hybridized carbons (Fsp3) is 0.667. The molecule has 1 atom stereocenters. The third kappa shape index (κ3) is 3.69. The molecule has 1 aromatic heterocycles. The van der Waals surface area contributed by atoms with E-state index in [4.69, 9.17) is 21.1 Å². The number of hydrogen-bond acceptors (Lipinski definition) is 6. The Morgan fingerprint density at radius 2 is 1.75 bits per heavy atom. The van der Waals surface area contributed by atoms with Crippen molar-refractivity contribution in [2.75, 3.05) is 26.1 Å². The van der Waals surface area contributed by atoms with E-state index >= 15 is 0 Å². The topological polar surface area (TPSA) is 69.2 Å². The molecule has 0 bridgehead atoms. The number of ether oxygens (including phenoxy) is 2. The van der Waals surface area contributed by atoms with Gasteiger partial charge in [0.2, 0.25) is 5.95 Å². The Morgan fingerprint density at radius 3 is 2.19 bits per heavy atom. The van der Waals surface area contributed by atoms with Crippen molar-refractivity contribution in [2.24, 2.45) is 0 Å². The first-order chi connectivity index (χ1) is 7.69. The van der Waals surface area contributed by atoms with Crippen molar-refractivity contribution >= 4 is 17.5 Å². The van der Waals surface area contributed by atoms with Crippen molar-refractivity contribution < 1.29 is 9.47 Å². The monoisotopic (exact) mass is 246 g/mol. The second-order valence-electron chi connectivity index (χ2n) is 3.02. The van der Waals surface area contributed by atoms with Crippen LogP contribution in [0.5, 0.6) is 12.0 Å². The van der Waals surface area contributed by atoms with Gasteiger partial charge in [0.05, 0.1) is 19.6 Å². The van der Waals surface area contributed by atoms with Gasteiger partial charge in [-0.3, -0.25) is 0 Å². The van der Waals surface area contributed by atoms with Gasteiger partial charge in [0.1, 0.15) is 0 Å². The number of halogens is 1. The zero-order chi connectivity index (χ0) is 12.0. The number of nitrogens with zero attached hydrogens (tertiary/aromatic N) is 3. The molecule has 90 valence electrons. The summed E-state index contributed by atoms with van der Waals surface area (Å²) >= 11 is 5.97. The molecule has 1 aromatic rings. The SMILES string of the molecule is CCC(Cl)CNc1nc(OC)nc(OC)n1. The Bertz CT molecular complexity index is 315. The lowest BCUT2D eigenvalue weighted by atomic mass is 10.3. The van der Waals surface area contributed by atoms with Crippen molar-refractivity contribution in [3.05, 3.63) is 0 Å². The van der Waals surface area contributed by atoms with E-state index in [9.17, 15) is 0 Å². The van der Waals surface area contributed by atoms with Crippen LogP contribution in [0.15, 0.2) is 0 Å². The molecule has 0 amide bonds. The second-order valence-corrected chi connectivity index (χ2v) is 3.64. The molecule has 7 heteroatoms. The maximum atomic E-state index is 5.97. The average Bonchev–Trinajstić information content (AvgIpc) is 2.35. The Labute approximate surface area is 99.4 Å². The Balaban J connectivity index is 2.71. The summed E-state index contributed by atoms with van der Waals surface area (Å²) in [5.74, 6) is 0.391. The highest BCUT2D eigenvalue weighted by Gasteiger charge is 2.08. The summed E-state index contributed by atoms with van der Waals surface area (Å²) in [7, 11) is 2.96. The van der Waals surface area contributed by atoms with Crippen molar-refractivity contribution in [2.45, 2.75) is 18.7 Å². The Morgan fingerprint density at radius 1 is 1.19 bits per heavy atom. The normalized spacial score (nSPS) is 12.0. The average molecular weight is 247 g/mol. The van der Waals surface area contributed by atoms with Crippen LogP contribution in [0.25, 0.3) is 0 Å². The predicted molar refractivity (Wildman–Crippen MR) is 61.4 cm³/mol. The van der Waals surface area contributed by atoms with Crippen molar-refractivity contribution in [1.29, 1.82) is 0 Å². The van der Waals surface area contributed by atoms with Gasteiger partial charge in [0.25, 0.3) is 0 Å². The molecule has 1 heterocycles. The van der Waals surface area contributed by atoms with Crippen LogP contribution in [0.4, 0.5) is 5.95 Å². The first-order valence-electron chi connectivity index (χ1n) is 4.91. The lowest BCUT2D eigenvalue weighted by molar-refractivity contribution is 0.341. The molecule has 0 aromatic carbocycles. The molecule has 16 heavy (non-hydrogen) atoms. The summed E-state index contributed by atoms with van der Waals surface area (Å²) < 4.78 is 9.83. The smallest absolute Gasteiger partial charge is 0.324 e. The summed E-state index contributed by atoms with van der Waals surface area (Å²) in [6, 6.07) is 0.411. The van der Waals surface area contributed by atoms with E-state index in [-0.39, 0.29) is 17.4 Å². The second kappa shape index (κ2) is 6.32. The van der Waals surface area contributed by atoms with Crippen LogP contribution >= 0.6 is 11.6 Å². The number of anilines is 1. The molecule has 1 N–H and O–H groups in total. The van der Waals surface area contributed by atoms with E-state index in [0.717, 1.165) is 6.42 Å². The van der Waals surface area contributed by atoms with Crippen molar-refractivity contribution in [3.63, 3.8) is 0 Å². The first kappa shape index (κ1) is 12.8. The highest BCUT2D eigenvalue weighted by molar-refractivity contribution is 6.20. The fourth-order valence-electron chi connectivity index (χ4n) is 0.946. The van der Waals surface area contributed by atoms with Gasteiger partial charge in [0.15, 0.2) is 0 Å². The highest BCUT2D eigenvalue weighted by atomic mass is 35.5. The third-order valence-electron chi connectivity index (χ3n) is 1.88. The number of methoxy groups -OCH3 is 2. The van der Waals surface area contributed by atoms with E-state index in [1.807, 2.05) is 6.92 Å².